The first-order chi connectivity index (χ1) is 14.2. The van der Waals surface area contributed by atoms with E-state index in [0.29, 0.717) is 35.5 Å². The van der Waals surface area contributed by atoms with Crippen molar-refractivity contribution in [3.63, 3.8) is 0 Å². The van der Waals surface area contributed by atoms with Crippen LogP contribution >= 0.6 is 23.1 Å². The molecule has 166 valence electrons. The normalized spacial score (nSPS) is 11.5. The predicted octanol–water partition coefficient (Wildman–Crippen LogP) is 3.87. The van der Waals surface area contributed by atoms with E-state index in [1.807, 2.05) is 6.92 Å². The highest BCUT2D eigenvalue weighted by Crippen LogP contribution is 2.30. The maximum atomic E-state index is 12.3. The molecule has 2 aromatic rings. The molecule has 8 nitrogen and oxygen atoms in total. The highest BCUT2D eigenvalue weighted by molar-refractivity contribution is 8.01. The summed E-state index contributed by atoms with van der Waals surface area (Å²) < 4.78 is 32.3. The average molecular weight is 473 g/mol. The number of thioether (sulfide) groups is 1. The van der Waals surface area contributed by atoms with Gasteiger partial charge in [-0.05, 0) is 31.4 Å². The Kier molecular flexibility index (Phi) is 9.37. The van der Waals surface area contributed by atoms with E-state index in [0.717, 1.165) is 16.3 Å². The van der Waals surface area contributed by atoms with Gasteiger partial charge in [0.2, 0.25) is 21.1 Å². The third kappa shape index (κ3) is 7.77. The Balaban J connectivity index is 1.93. The molecule has 2 rings (SSSR count). The minimum atomic E-state index is -3.53. The molecule has 0 radical (unpaired) electrons. The average Bonchev–Trinajstić information content (AvgIpc) is 3.11. The van der Waals surface area contributed by atoms with Crippen LogP contribution in [0.4, 0.5) is 10.8 Å². The molecule has 11 heteroatoms. The van der Waals surface area contributed by atoms with Gasteiger partial charge in [-0.1, -0.05) is 49.1 Å². The summed E-state index contributed by atoms with van der Waals surface area (Å²) in [5, 5.41) is 11.2. The van der Waals surface area contributed by atoms with Gasteiger partial charge in [0.1, 0.15) is 5.75 Å². The van der Waals surface area contributed by atoms with E-state index < -0.39 is 10.0 Å². The number of carbonyl (C=O) groups is 1. The summed E-state index contributed by atoms with van der Waals surface area (Å²) >= 11 is 2.95. The van der Waals surface area contributed by atoms with Gasteiger partial charge in [0.25, 0.3) is 0 Å². The minimum Gasteiger partial charge on any atom is -0.492 e. The van der Waals surface area contributed by atoms with Crippen molar-refractivity contribution in [2.24, 2.45) is 5.92 Å². The summed E-state index contributed by atoms with van der Waals surface area (Å²) in [5.41, 5.74) is 0.471. The molecule has 0 aliphatic rings. The molecule has 0 saturated heterocycles. The fourth-order valence-electron chi connectivity index (χ4n) is 2.53. The molecule has 0 unspecified atom stereocenters. The van der Waals surface area contributed by atoms with Gasteiger partial charge in [-0.25, -0.2) is 8.42 Å². The lowest BCUT2D eigenvalue weighted by Crippen LogP contribution is -2.31. The van der Waals surface area contributed by atoms with Crippen LogP contribution in [0.2, 0.25) is 0 Å². The zero-order valence-electron chi connectivity index (χ0n) is 17.6. The number of hydrogen-bond donors (Lipinski definition) is 1. The van der Waals surface area contributed by atoms with Crippen molar-refractivity contribution in [2.75, 3.05) is 34.8 Å². The number of nitrogens with zero attached hydrogens (tertiary/aromatic N) is 3. The lowest BCUT2D eigenvalue weighted by Gasteiger charge is -2.24. The Morgan fingerprint density at radius 3 is 2.70 bits per heavy atom. The van der Waals surface area contributed by atoms with Crippen LogP contribution in [0.1, 0.15) is 33.6 Å². The highest BCUT2D eigenvalue weighted by Gasteiger charge is 2.21. The van der Waals surface area contributed by atoms with E-state index in [9.17, 15) is 13.2 Å². The van der Waals surface area contributed by atoms with Gasteiger partial charge in [-0.2, -0.15) is 0 Å². The molecule has 30 heavy (non-hydrogen) atoms. The number of anilines is 2. The number of benzene rings is 1. The van der Waals surface area contributed by atoms with Crippen molar-refractivity contribution in [2.45, 2.75) is 38.0 Å². The van der Waals surface area contributed by atoms with Crippen molar-refractivity contribution in [3.05, 3.63) is 24.3 Å². The SMILES string of the molecule is CCOc1ccccc1N(CCCC(=O)Nc1nnc(SCC(C)C)s1)S(C)(=O)=O. The molecule has 0 atom stereocenters. The van der Waals surface area contributed by atoms with Gasteiger partial charge in [0.05, 0.1) is 18.6 Å². The second kappa shape index (κ2) is 11.5. The van der Waals surface area contributed by atoms with Gasteiger partial charge < -0.3 is 10.1 Å². The molecular weight excluding hydrogens is 444 g/mol. The monoisotopic (exact) mass is 472 g/mol. The summed E-state index contributed by atoms with van der Waals surface area (Å²) in [6.45, 7) is 6.69. The van der Waals surface area contributed by atoms with E-state index in [-0.39, 0.29) is 18.9 Å². The Morgan fingerprint density at radius 2 is 2.03 bits per heavy atom. The van der Waals surface area contributed by atoms with E-state index in [4.69, 9.17) is 4.74 Å². The van der Waals surface area contributed by atoms with Gasteiger partial charge in [0, 0.05) is 18.7 Å². The molecule has 1 amide bonds. The van der Waals surface area contributed by atoms with Crippen LogP contribution in [0.25, 0.3) is 0 Å². The number of carbonyl (C=O) groups excluding carboxylic acids is 1. The van der Waals surface area contributed by atoms with Gasteiger partial charge in [0.15, 0.2) is 4.34 Å². The van der Waals surface area contributed by atoms with Gasteiger partial charge in [-0.15, -0.1) is 10.2 Å². The third-order valence-corrected chi connectivity index (χ3v) is 7.37. The molecule has 1 aromatic carbocycles. The van der Waals surface area contributed by atoms with Crippen LogP contribution in [0, 0.1) is 5.92 Å². The number of nitrogens with one attached hydrogen (secondary N) is 1. The number of amides is 1. The summed E-state index contributed by atoms with van der Waals surface area (Å²) in [5.74, 6) is 1.75. The van der Waals surface area contributed by atoms with Crippen molar-refractivity contribution in [1.82, 2.24) is 10.2 Å². The van der Waals surface area contributed by atoms with Crippen LogP contribution < -0.4 is 14.4 Å². The molecule has 0 aliphatic heterocycles. The van der Waals surface area contributed by atoms with Crippen molar-refractivity contribution < 1.29 is 17.9 Å². The Labute approximate surface area is 186 Å². The largest absolute Gasteiger partial charge is 0.492 e. The van der Waals surface area contributed by atoms with E-state index >= 15 is 0 Å². The van der Waals surface area contributed by atoms with Crippen molar-refractivity contribution in [3.8, 4) is 5.75 Å². The van der Waals surface area contributed by atoms with E-state index in [1.165, 1.54) is 15.6 Å². The lowest BCUT2D eigenvalue weighted by molar-refractivity contribution is -0.116. The second-order valence-corrected chi connectivity index (χ2v) is 11.1. The minimum absolute atomic E-state index is 0.164. The number of sulfonamides is 1. The van der Waals surface area contributed by atoms with Crippen LogP contribution in [0.15, 0.2) is 28.6 Å². The van der Waals surface area contributed by atoms with Crippen LogP contribution in [-0.2, 0) is 14.8 Å². The first-order valence-electron chi connectivity index (χ1n) is 9.66. The van der Waals surface area contributed by atoms with Crippen molar-refractivity contribution in [1.29, 1.82) is 0 Å². The summed E-state index contributed by atoms with van der Waals surface area (Å²) in [6, 6.07) is 6.98. The predicted molar refractivity (Wildman–Crippen MR) is 123 cm³/mol. The smallest absolute Gasteiger partial charge is 0.232 e. The third-order valence-electron chi connectivity index (χ3n) is 3.79. The van der Waals surface area contributed by atoms with Crippen LogP contribution in [0.3, 0.4) is 0 Å². The van der Waals surface area contributed by atoms with Gasteiger partial charge >= 0.3 is 0 Å². The molecule has 0 bridgehead atoms. The molecule has 0 aliphatic carbocycles. The summed E-state index contributed by atoms with van der Waals surface area (Å²) in [4.78, 5) is 12.3. The molecule has 0 saturated carbocycles. The fraction of sp³-hybridized carbons (Fsp3) is 0.526. The fourth-order valence-corrected chi connectivity index (χ4v) is 5.24. The Morgan fingerprint density at radius 1 is 1.30 bits per heavy atom. The second-order valence-electron chi connectivity index (χ2n) is 6.97. The first-order valence-corrected chi connectivity index (χ1v) is 13.3. The van der Waals surface area contributed by atoms with E-state index in [1.54, 1.807) is 36.0 Å². The highest BCUT2D eigenvalue weighted by atomic mass is 32.2. The zero-order chi connectivity index (χ0) is 22.1. The molecular formula is C19H28N4O4S3. The Bertz CT molecular complexity index is 931. The quantitative estimate of drug-likeness (QED) is 0.369. The number of ether oxygens (including phenoxy) is 1. The molecule has 1 aromatic heterocycles. The van der Waals surface area contributed by atoms with Crippen molar-refractivity contribution >= 4 is 49.8 Å². The number of hydrogen-bond acceptors (Lipinski definition) is 8. The number of aromatic nitrogens is 2. The summed E-state index contributed by atoms with van der Waals surface area (Å²) in [6.07, 6.45) is 1.66. The topological polar surface area (TPSA) is 101 Å². The standard InChI is InChI=1S/C19H28N4O4S3/c1-5-27-16-10-7-6-9-15(16)23(30(4,25)26)12-8-11-17(24)20-18-21-22-19(29-18)28-13-14(2)3/h6-7,9-10,14H,5,8,11-13H2,1-4H3,(H,20,21,24). The molecule has 1 N–H and O–H groups in total. The summed E-state index contributed by atoms with van der Waals surface area (Å²) in [7, 11) is -3.53. The maximum absolute atomic E-state index is 12.3. The number of rotatable bonds is 12. The lowest BCUT2D eigenvalue weighted by atomic mass is 10.2. The van der Waals surface area contributed by atoms with Gasteiger partial charge in [-0.3, -0.25) is 9.10 Å². The molecule has 0 spiro atoms. The zero-order valence-corrected chi connectivity index (χ0v) is 20.1. The Hall–Kier alpha value is -1.85. The molecule has 1 heterocycles. The van der Waals surface area contributed by atoms with Crippen LogP contribution in [0.5, 0.6) is 5.75 Å². The maximum Gasteiger partial charge on any atom is 0.232 e. The molecule has 0 fully saturated rings. The number of para-hydroxylation sites is 2. The first kappa shape index (κ1) is 24.4. The van der Waals surface area contributed by atoms with E-state index in [2.05, 4.69) is 29.4 Å². The van der Waals surface area contributed by atoms with Crippen LogP contribution in [-0.4, -0.2) is 49.7 Å².